The molecule has 2 aliphatic heterocycles. The van der Waals surface area contributed by atoms with Crippen LogP contribution in [0.3, 0.4) is 0 Å². The van der Waals surface area contributed by atoms with Crippen LogP contribution >= 0.6 is 0 Å². The molecule has 13 atom stereocenters. The average molecular weight is 505 g/mol. The summed E-state index contributed by atoms with van der Waals surface area (Å²) in [7, 11) is 0. The van der Waals surface area contributed by atoms with E-state index in [2.05, 4.69) is 26.8 Å². The Morgan fingerprint density at radius 2 is 1.86 bits per heavy atom. The Kier molecular flexibility index (Phi) is 6.06. The number of ether oxygens (including phenoxy) is 1. The smallest absolute Gasteiger partial charge is 0.212 e. The van der Waals surface area contributed by atoms with Crippen LogP contribution in [-0.2, 0) is 4.74 Å². The second-order valence-electron chi connectivity index (χ2n) is 13.9. The van der Waals surface area contributed by atoms with E-state index in [4.69, 9.17) is 10.5 Å². The summed E-state index contributed by atoms with van der Waals surface area (Å²) in [6.45, 7) is 6.36. The van der Waals surface area contributed by atoms with Gasteiger partial charge in [0.15, 0.2) is 5.54 Å². The third kappa shape index (κ3) is 3.00. The van der Waals surface area contributed by atoms with Crippen molar-refractivity contribution in [1.82, 2.24) is 0 Å². The van der Waals surface area contributed by atoms with E-state index in [-0.39, 0.29) is 35.8 Å². The van der Waals surface area contributed by atoms with Crippen molar-refractivity contribution in [3.8, 4) is 0 Å². The molecule has 0 aromatic rings. The van der Waals surface area contributed by atoms with Crippen LogP contribution in [0.15, 0.2) is 11.8 Å². The molecule has 12 unspecified atom stereocenters. The van der Waals surface area contributed by atoms with Gasteiger partial charge in [-0.3, -0.25) is 0 Å². The highest BCUT2D eigenvalue weighted by molar-refractivity contribution is 5.24. The van der Waals surface area contributed by atoms with Crippen LogP contribution in [0.2, 0.25) is 0 Å². The third-order valence-electron chi connectivity index (χ3n) is 12.6. The van der Waals surface area contributed by atoms with Crippen LogP contribution in [0.5, 0.6) is 0 Å². The number of hydrogen-bond acceptors (Lipinski definition) is 6. The van der Waals surface area contributed by atoms with Crippen molar-refractivity contribution in [2.75, 3.05) is 0 Å². The Labute approximate surface area is 216 Å². The molecule has 6 rings (SSSR count). The number of aliphatic hydroxyl groups excluding tert-OH is 3. The van der Waals surface area contributed by atoms with Gasteiger partial charge >= 0.3 is 0 Å². The van der Waals surface area contributed by atoms with Gasteiger partial charge in [-0.25, -0.2) is 0 Å². The van der Waals surface area contributed by atoms with Gasteiger partial charge in [0.25, 0.3) is 0 Å². The van der Waals surface area contributed by atoms with Crippen LogP contribution in [0.4, 0.5) is 0 Å². The standard InChI is InChI=1S/C29H48N2O5/c1-17-15-19(10-12-23(17)32)22-16-28(31(22,35)20-7-5-4-6-8-20)21-11-9-18(2)29(30)14-13-24(33)27(29,3)25(21)36-26(28)34/h7,17-19,21-26,32-34H,4-6,8-16,30H2,1-3H3/t17?,18?,19?,21?,22?,23?,24?,25?,26?,27-,28?,29?,31?/m0/s1. The van der Waals surface area contributed by atoms with Crippen LogP contribution in [0, 0.1) is 34.3 Å². The largest absolute Gasteiger partial charge is 0.627 e. The van der Waals surface area contributed by atoms with Crippen LogP contribution < -0.4 is 5.73 Å². The summed E-state index contributed by atoms with van der Waals surface area (Å²) >= 11 is 0. The maximum atomic E-state index is 15.6. The van der Waals surface area contributed by atoms with Crippen molar-refractivity contribution in [1.29, 1.82) is 0 Å². The van der Waals surface area contributed by atoms with Gasteiger partial charge in [0.1, 0.15) is 11.7 Å². The second-order valence-corrected chi connectivity index (χ2v) is 13.9. The fraction of sp³-hybridized carbons (Fsp3) is 0.931. The lowest BCUT2D eigenvalue weighted by atomic mass is 9.57. The van der Waals surface area contributed by atoms with Crippen molar-refractivity contribution in [2.45, 2.75) is 140 Å². The Balaban J connectivity index is 1.43. The van der Waals surface area contributed by atoms with E-state index in [1.54, 1.807) is 0 Å². The summed E-state index contributed by atoms with van der Waals surface area (Å²) < 4.78 is 6.05. The molecule has 5 N–H and O–H groups in total. The average Bonchev–Trinajstić information content (AvgIpc) is 3.28. The molecule has 0 bridgehead atoms. The molecule has 6 aliphatic rings. The van der Waals surface area contributed by atoms with E-state index in [0.29, 0.717) is 12.8 Å². The molecular weight excluding hydrogens is 456 g/mol. The fourth-order valence-corrected chi connectivity index (χ4v) is 10.2. The van der Waals surface area contributed by atoms with E-state index in [0.717, 1.165) is 69.9 Å². The van der Waals surface area contributed by atoms with Gasteiger partial charge in [-0.05, 0) is 82.1 Å². The zero-order valence-corrected chi connectivity index (χ0v) is 22.4. The highest BCUT2D eigenvalue weighted by Crippen LogP contribution is 2.68. The molecule has 0 aromatic heterocycles. The first-order chi connectivity index (χ1) is 17.0. The first kappa shape index (κ1) is 25.7. The van der Waals surface area contributed by atoms with Gasteiger partial charge in [-0.15, -0.1) is 0 Å². The Morgan fingerprint density at radius 3 is 2.56 bits per heavy atom. The van der Waals surface area contributed by atoms with Crippen molar-refractivity contribution >= 4 is 0 Å². The van der Waals surface area contributed by atoms with Crippen molar-refractivity contribution in [3.63, 3.8) is 0 Å². The van der Waals surface area contributed by atoms with Gasteiger partial charge in [0.05, 0.1) is 24.7 Å². The number of rotatable bonds is 2. The molecule has 2 saturated heterocycles. The fourth-order valence-electron chi connectivity index (χ4n) is 10.2. The molecule has 0 radical (unpaired) electrons. The highest BCUT2D eigenvalue weighted by atomic mass is 16.6. The lowest BCUT2D eigenvalue weighted by molar-refractivity contribution is -0.983. The quantitative estimate of drug-likeness (QED) is 0.336. The number of hydrogen-bond donors (Lipinski definition) is 4. The zero-order chi connectivity index (χ0) is 25.7. The molecule has 0 amide bonds. The topological polar surface area (TPSA) is 119 Å². The van der Waals surface area contributed by atoms with Gasteiger partial charge in [-0.1, -0.05) is 20.8 Å². The first-order valence-electron chi connectivity index (χ1n) is 14.8. The minimum Gasteiger partial charge on any atom is -0.627 e. The Hall–Kier alpha value is -0.540. The molecule has 0 aromatic carbocycles. The number of nitrogens with zero attached hydrogens (tertiary/aromatic N) is 1. The normalized spacial score (nSPS) is 59.1. The second kappa shape index (κ2) is 8.48. The SMILES string of the molecule is CC1CC(C2CC3(C(O)OC4C3CCC(C)C3(N)CCC(O)[C@@]43C)[N+]2([O-])C2=CCCCC2)CCC1O. The summed E-state index contributed by atoms with van der Waals surface area (Å²) in [5, 5.41) is 49.0. The van der Waals surface area contributed by atoms with Gasteiger partial charge in [-0.2, -0.15) is 0 Å². The Bertz CT molecular complexity index is 914. The summed E-state index contributed by atoms with van der Waals surface area (Å²) in [4.78, 5) is 0. The molecule has 4 aliphatic carbocycles. The molecule has 3 saturated carbocycles. The number of quaternary nitrogens is 1. The first-order valence-corrected chi connectivity index (χ1v) is 14.8. The highest BCUT2D eigenvalue weighted by Gasteiger charge is 2.80. The van der Waals surface area contributed by atoms with Gasteiger partial charge in [0.2, 0.25) is 6.29 Å². The summed E-state index contributed by atoms with van der Waals surface area (Å²) in [5.41, 5.74) is 5.86. The van der Waals surface area contributed by atoms with E-state index < -0.39 is 39.6 Å². The van der Waals surface area contributed by atoms with E-state index >= 15 is 5.21 Å². The number of nitrogens with two attached hydrogens (primary N) is 1. The number of likely N-dealkylation sites (tertiary alicyclic amines) is 1. The minimum atomic E-state index is -1.15. The number of fused-ring (bicyclic) bond motifs is 4. The maximum Gasteiger partial charge on any atom is 0.212 e. The third-order valence-corrected chi connectivity index (χ3v) is 12.6. The summed E-state index contributed by atoms with van der Waals surface area (Å²) in [5.74, 6) is 0.505. The molecule has 36 heavy (non-hydrogen) atoms. The molecule has 1 spiro atoms. The van der Waals surface area contributed by atoms with Gasteiger partial charge in [0, 0.05) is 29.2 Å². The molecular formula is C29H48N2O5. The monoisotopic (exact) mass is 504 g/mol. The Morgan fingerprint density at radius 1 is 1.08 bits per heavy atom. The lowest BCUT2D eigenvalue weighted by Gasteiger charge is -2.72. The summed E-state index contributed by atoms with van der Waals surface area (Å²) in [6, 6.07) is -0.106. The van der Waals surface area contributed by atoms with Crippen molar-refractivity contribution < 1.29 is 24.7 Å². The van der Waals surface area contributed by atoms with Gasteiger partial charge < -0.3 is 35.6 Å². The molecule has 5 fully saturated rings. The lowest BCUT2D eigenvalue weighted by Crippen LogP contribution is -2.82. The van der Waals surface area contributed by atoms with Crippen LogP contribution in [-0.4, -0.2) is 61.7 Å². The minimum absolute atomic E-state index is 0.106. The van der Waals surface area contributed by atoms with E-state index in [1.807, 2.05) is 0 Å². The molecule has 7 heteroatoms. The zero-order valence-electron chi connectivity index (χ0n) is 22.4. The van der Waals surface area contributed by atoms with E-state index in [1.165, 1.54) is 0 Å². The van der Waals surface area contributed by atoms with E-state index in [9.17, 15) is 15.3 Å². The number of allylic oxidation sites excluding steroid dienone is 2. The number of hydroxylamine groups is 3. The van der Waals surface area contributed by atoms with Crippen molar-refractivity contribution in [2.24, 2.45) is 34.8 Å². The predicted octanol–water partition coefficient (Wildman–Crippen LogP) is 3.69. The molecule has 2 heterocycles. The van der Waals surface area contributed by atoms with Crippen molar-refractivity contribution in [3.05, 3.63) is 17.0 Å². The maximum absolute atomic E-state index is 15.6. The molecule has 7 nitrogen and oxygen atoms in total. The predicted molar refractivity (Wildman–Crippen MR) is 137 cm³/mol. The number of aliphatic hydroxyl groups is 3. The molecule has 204 valence electrons. The van der Waals surface area contributed by atoms with Crippen LogP contribution in [0.25, 0.3) is 0 Å². The summed E-state index contributed by atoms with van der Waals surface area (Å²) in [6.07, 6.45) is 9.73. The van der Waals surface area contributed by atoms with Crippen LogP contribution in [0.1, 0.15) is 97.8 Å².